The van der Waals surface area contributed by atoms with Crippen molar-refractivity contribution in [3.8, 4) is 0 Å². The van der Waals surface area contributed by atoms with Crippen LogP contribution in [-0.2, 0) is 16.1 Å². The fourth-order valence-corrected chi connectivity index (χ4v) is 4.00. The van der Waals surface area contributed by atoms with Crippen LogP contribution in [0.3, 0.4) is 0 Å². The van der Waals surface area contributed by atoms with Crippen molar-refractivity contribution in [2.75, 3.05) is 0 Å². The summed E-state index contributed by atoms with van der Waals surface area (Å²) in [6.45, 7) is 2.45. The van der Waals surface area contributed by atoms with E-state index >= 15 is 0 Å². The Hall–Kier alpha value is -1.84. The molecule has 1 saturated carbocycles. The van der Waals surface area contributed by atoms with Crippen LogP contribution >= 0.6 is 0 Å². The molecule has 1 saturated heterocycles. The van der Waals surface area contributed by atoms with E-state index in [-0.39, 0.29) is 17.9 Å². The second-order valence-electron chi connectivity index (χ2n) is 7.00. The highest BCUT2D eigenvalue weighted by Gasteiger charge is 2.49. The molecule has 23 heavy (non-hydrogen) atoms. The van der Waals surface area contributed by atoms with Crippen LogP contribution in [0.15, 0.2) is 30.3 Å². The number of rotatable bonds is 4. The molecule has 1 heterocycles. The summed E-state index contributed by atoms with van der Waals surface area (Å²) < 4.78 is 0. The molecule has 1 aliphatic carbocycles. The topological polar surface area (TPSA) is 49.4 Å². The molecule has 0 spiro atoms. The molecule has 1 aliphatic heterocycles. The summed E-state index contributed by atoms with van der Waals surface area (Å²) in [7, 11) is 0. The van der Waals surface area contributed by atoms with E-state index in [1.807, 2.05) is 42.2 Å². The quantitative estimate of drug-likeness (QED) is 0.928. The molecule has 1 N–H and O–H groups in total. The minimum absolute atomic E-state index is 0.0159. The number of nitrogens with zero attached hydrogens (tertiary/aromatic N) is 1. The third-order valence-electron chi connectivity index (χ3n) is 5.35. The van der Waals surface area contributed by atoms with E-state index in [0.717, 1.165) is 31.2 Å². The van der Waals surface area contributed by atoms with Gasteiger partial charge in [-0.2, -0.15) is 0 Å². The van der Waals surface area contributed by atoms with E-state index in [1.165, 1.54) is 6.42 Å². The maximum atomic E-state index is 12.8. The molecule has 2 aliphatic rings. The number of nitrogens with one attached hydrogen (secondary N) is 1. The Kier molecular flexibility index (Phi) is 4.69. The van der Waals surface area contributed by atoms with E-state index in [9.17, 15) is 9.59 Å². The maximum absolute atomic E-state index is 12.8. The van der Waals surface area contributed by atoms with Gasteiger partial charge in [-0.15, -0.1) is 0 Å². The molecular weight excluding hydrogens is 288 g/mol. The van der Waals surface area contributed by atoms with E-state index in [4.69, 9.17) is 0 Å². The van der Waals surface area contributed by atoms with Crippen molar-refractivity contribution in [2.45, 2.75) is 70.0 Å². The van der Waals surface area contributed by atoms with Crippen LogP contribution in [0.1, 0.15) is 57.4 Å². The van der Waals surface area contributed by atoms with Crippen LogP contribution in [0.5, 0.6) is 0 Å². The van der Waals surface area contributed by atoms with Gasteiger partial charge in [0.25, 0.3) is 0 Å². The molecule has 2 fully saturated rings. The van der Waals surface area contributed by atoms with E-state index in [0.29, 0.717) is 19.4 Å². The van der Waals surface area contributed by atoms with Crippen molar-refractivity contribution in [3.05, 3.63) is 35.9 Å². The summed E-state index contributed by atoms with van der Waals surface area (Å²) in [5.41, 5.74) is 0.395. The summed E-state index contributed by atoms with van der Waals surface area (Å²) in [5, 5.41) is 3.04. The average molecular weight is 314 g/mol. The van der Waals surface area contributed by atoms with Gasteiger partial charge in [-0.1, -0.05) is 49.6 Å². The molecule has 0 radical (unpaired) electrons. The molecule has 2 amide bonds. The molecule has 4 nitrogen and oxygen atoms in total. The molecule has 124 valence electrons. The fourth-order valence-electron chi connectivity index (χ4n) is 4.00. The summed E-state index contributed by atoms with van der Waals surface area (Å²) in [6.07, 6.45) is 6.76. The van der Waals surface area contributed by atoms with Crippen LogP contribution in [-0.4, -0.2) is 28.3 Å². The second kappa shape index (κ2) is 6.73. The van der Waals surface area contributed by atoms with E-state index < -0.39 is 5.54 Å². The van der Waals surface area contributed by atoms with E-state index in [2.05, 4.69) is 5.32 Å². The molecule has 0 bridgehead atoms. The SMILES string of the molecule is CC1(C(=O)NCc2ccccc2)CCC(=O)N1C1CCCCC1. The molecule has 3 rings (SSSR count). The third-order valence-corrected chi connectivity index (χ3v) is 5.35. The van der Waals surface area contributed by atoms with Crippen LogP contribution in [0, 0.1) is 0 Å². The first kappa shape index (κ1) is 16.0. The van der Waals surface area contributed by atoms with Crippen LogP contribution in [0.4, 0.5) is 0 Å². The molecule has 4 heteroatoms. The van der Waals surface area contributed by atoms with Gasteiger partial charge in [-0.25, -0.2) is 0 Å². The van der Waals surface area contributed by atoms with Crippen molar-refractivity contribution in [1.82, 2.24) is 10.2 Å². The van der Waals surface area contributed by atoms with Crippen molar-refractivity contribution < 1.29 is 9.59 Å². The van der Waals surface area contributed by atoms with Crippen LogP contribution in [0.2, 0.25) is 0 Å². The first-order valence-corrected chi connectivity index (χ1v) is 8.76. The predicted molar refractivity (Wildman–Crippen MR) is 89.6 cm³/mol. The number of likely N-dealkylation sites (tertiary alicyclic amines) is 1. The molecule has 1 unspecified atom stereocenters. The largest absolute Gasteiger partial charge is 0.350 e. The Bertz CT molecular complexity index is 566. The van der Waals surface area contributed by atoms with Gasteiger partial charge in [0, 0.05) is 19.0 Å². The van der Waals surface area contributed by atoms with Gasteiger partial charge in [0.05, 0.1) is 0 Å². The number of benzene rings is 1. The molecule has 1 atom stereocenters. The lowest BCUT2D eigenvalue weighted by Gasteiger charge is -2.41. The van der Waals surface area contributed by atoms with Gasteiger partial charge in [0.15, 0.2) is 0 Å². The zero-order chi connectivity index (χ0) is 16.3. The summed E-state index contributed by atoms with van der Waals surface area (Å²) in [5.74, 6) is 0.132. The molecule has 1 aromatic rings. The van der Waals surface area contributed by atoms with Crippen molar-refractivity contribution >= 4 is 11.8 Å². The van der Waals surface area contributed by atoms with Gasteiger partial charge >= 0.3 is 0 Å². The lowest BCUT2D eigenvalue weighted by molar-refractivity contribution is -0.144. The number of carbonyl (C=O) groups is 2. The zero-order valence-corrected chi connectivity index (χ0v) is 13.9. The highest BCUT2D eigenvalue weighted by atomic mass is 16.2. The molecule has 0 aromatic heterocycles. The van der Waals surface area contributed by atoms with Crippen LogP contribution < -0.4 is 5.32 Å². The van der Waals surface area contributed by atoms with E-state index in [1.54, 1.807) is 0 Å². The lowest BCUT2D eigenvalue weighted by atomic mass is 9.89. The normalized spacial score (nSPS) is 25.6. The summed E-state index contributed by atoms with van der Waals surface area (Å²) in [6, 6.07) is 10.1. The standard InChI is InChI=1S/C19H26N2O2/c1-19(18(23)20-14-15-8-4-2-5-9-15)13-12-17(22)21(19)16-10-6-3-7-11-16/h2,4-5,8-9,16H,3,6-7,10-14H2,1H3,(H,20,23). The monoisotopic (exact) mass is 314 g/mol. The lowest BCUT2D eigenvalue weighted by Crippen LogP contribution is -2.58. The van der Waals surface area contributed by atoms with Crippen LogP contribution in [0.25, 0.3) is 0 Å². The maximum Gasteiger partial charge on any atom is 0.245 e. The van der Waals surface area contributed by atoms with Gasteiger partial charge in [-0.3, -0.25) is 9.59 Å². The Labute approximate surface area is 138 Å². The summed E-state index contributed by atoms with van der Waals surface area (Å²) in [4.78, 5) is 27.2. The Morgan fingerprint density at radius 3 is 2.61 bits per heavy atom. The van der Waals surface area contributed by atoms with Gasteiger partial charge < -0.3 is 10.2 Å². The Morgan fingerprint density at radius 2 is 1.91 bits per heavy atom. The summed E-state index contributed by atoms with van der Waals surface area (Å²) >= 11 is 0. The Morgan fingerprint density at radius 1 is 1.22 bits per heavy atom. The van der Waals surface area contributed by atoms with Crippen molar-refractivity contribution in [2.24, 2.45) is 0 Å². The second-order valence-corrected chi connectivity index (χ2v) is 7.00. The first-order chi connectivity index (χ1) is 11.1. The van der Waals surface area contributed by atoms with Crippen molar-refractivity contribution in [1.29, 1.82) is 0 Å². The highest BCUT2D eigenvalue weighted by Crippen LogP contribution is 2.36. The minimum Gasteiger partial charge on any atom is -0.350 e. The van der Waals surface area contributed by atoms with Gasteiger partial charge in [0.1, 0.15) is 5.54 Å². The highest BCUT2D eigenvalue weighted by molar-refractivity contribution is 5.94. The predicted octanol–water partition coefficient (Wildman–Crippen LogP) is 3.02. The molecule has 1 aromatic carbocycles. The average Bonchev–Trinajstić information content (AvgIpc) is 2.90. The Balaban J connectivity index is 1.70. The van der Waals surface area contributed by atoms with Gasteiger partial charge in [-0.05, 0) is 31.7 Å². The molecular formula is C19H26N2O2. The number of hydrogen-bond acceptors (Lipinski definition) is 2. The number of hydrogen-bond donors (Lipinski definition) is 1. The number of carbonyl (C=O) groups excluding carboxylic acids is 2. The first-order valence-electron chi connectivity index (χ1n) is 8.76. The fraction of sp³-hybridized carbons (Fsp3) is 0.579. The van der Waals surface area contributed by atoms with Crippen molar-refractivity contribution in [3.63, 3.8) is 0 Å². The minimum atomic E-state index is -0.687. The number of amides is 2. The van der Waals surface area contributed by atoms with Gasteiger partial charge in [0.2, 0.25) is 11.8 Å². The third kappa shape index (κ3) is 3.26. The zero-order valence-electron chi connectivity index (χ0n) is 13.9. The smallest absolute Gasteiger partial charge is 0.245 e.